The van der Waals surface area contributed by atoms with E-state index in [9.17, 15) is 9.59 Å². The topological polar surface area (TPSA) is 70.5 Å². The number of carbonyl (C=O) groups is 2. The number of carboxylic acid groups (broad SMARTS) is 1. The Bertz CT molecular complexity index is 666. The largest absolute Gasteiger partial charge is 0.477 e. The number of aromatic carboxylic acids is 1. The molecule has 0 atom stereocenters. The predicted octanol–water partition coefficient (Wildman–Crippen LogP) is 2.15. The maximum Gasteiger partial charge on any atom is 0.354 e. The summed E-state index contributed by atoms with van der Waals surface area (Å²) in [6, 6.07) is 11.7. The molecule has 0 saturated heterocycles. The van der Waals surface area contributed by atoms with Gasteiger partial charge in [-0.05, 0) is 24.3 Å². The Morgan fingerprint density at radius 1 is 1.10 bits per heavy atom. The molecule has 1 aromatic carbocycles. The second kappa shape index (κ2) is 5.52. The van der Waals surface area contributed by atoms with Crippen LogP contribution in [0.4, 0.5) is 0 Å². The molecule has 1 amide bonds. The third kappa shape index (κ3) is 2.83. The number of benzene rings is 1. The fraction of sp³-hybridized carbons (Fsp3) is 0.133. The van der Waals surface area contributed by atoms with Crippen molar-refractivity contribution in [2.24, 2.45) is 0 Å². The first kappa shape index (κ1) is 13.7. The number of nitrogens with zero attached hydrogens (tertiary/aromatic N) is 2. The normalized spacial score (nSPS) is 10.1. The first-order valence-corrected chi connectivity index (χ1v) is 6.01. The molecule has 0 aliphatic heterocycles. The Hall–Kier alpha value is -2.69. The summed E-state index contributed by atoms with van der Waals surface area (Å²) in [7, 11) is 3.36. The molecule has 0 saturated carbocycles. The monoisotopic (exact) mass is 270 g/mol. The van der Waals surface area contributed by atoms with E-state index in [1.54, 1.807) is 50.5 Å². The van der Waals surface area contributed by atoms with E-state index in [2.05, 4.69) is 4.98 Å². The molecular formula is C15H14N2O3. The zero-order chi connectivity index (χ0) is 14.7. The molecule has 0 unspecified atom stereocenters. The van der Waals surface area contributed by atoms with Crippen LogP contribution in [-0.4, -0.2) is 41.0 Å². The molecule has 102 valence electrons. The second-order valence-corrected chi connectivity index (χ2v) is 4.49. The van der Waals surface area contributed by atoms with Gasteiger partial charge in [0.15, 0.2) is 0 Å². The molecular weight excluding hydrogens is 256 g/mol. The van der Waals surface area contributed by atoms with Crippen molar-refractivity contribution in [2.75, 3.05) is 14.1 Å². The van der Waals surface area contributed by atoms with Crippen LogP contribution in [0.1, 0.15) is 20.8 Å². The molecule has 0 radical (unpaired) electrons. The fourth-order valence-electron chi connectivity index (χ4n) is 1.78. The fourth-order valence-corrected chi connectivity index (χ4v) is 1.78. The smallest absolute Gasteiger partial charge is 0.354 e. The summed E-state index contributed by atoms with van der Waals surface area (Å²) in [4.78, 5) is 28.4. The van der Waals surface area contributed by atoms with E-state index < -0.39 is 5.97 Å². The summed E-state index contributed by atoms with van der Waals surface area (Å²) in [6.45, 7) is 0. The predicted molar refractivity (Wildman–Crippen MR) is 74.6 cm³/mol. The SMILES string of the molecule is CN(C)C(=O)c1cccc(-c2cccc(C(=O)O)n2)c1. The van der Waals surface area contributed by atoms with Gasteiger partial charge in [-0.15, -0.1) is 0 Å². The Balaban J connectivity index is 2.43. The maximum atomic E-state index is 11.9. The van der Waals surface area contributed by atoms with Gasteiger partial charge >= 0.3 is 5.97 Å². The van der Waals surface area contributed by atoms with Crippen LogP contribution in [0.15, 0.2) is 42.5 Å². The Morgan fingerprint density at radius 3 is 2.45 bits per heavy atom. The second-order valence-electron chi connectivity index (χ2n) is 4.49. The molecule has 0 fully saturated rings. The van der Waals surface area contributed by atoms with Crippen LogP contribution in [0.25, 0.3) is 11.3 Å². The Morgan fingerprint density at radius 2 is 1.80 bits per heavy atom. The van der Waals surface area contributed by atoms with Crippen LogP contribution in [0.3, 0.4) is 0 Å². The zero-order valence-corrected chi connectivity index (χ0v) is 11.2. The van der Waals surface area contributed by atoms with E-state index in [0.29, 0.717) is 16.8 Å². The Labute approximate surface area is 116 Å². The van der Waals surface area contributed by atoms with Crippen molar-refractivity contribution in [3.05, 3.63) is 53.7 Å². The van der Waals surface area contributed by atoms with Crippen molar-refractivity contribution in [1.29, 1.82) is 0 Å². The molecule has 0 spiro atoms. The molecule has 0 bridgehead atoms. The van der Waals surface area contributed by atoms with Crippen LogP contribution < -0.4 is 0 Å². The van der Waals surface area contributed by atoms with Gasteiger partial charge in [0, 0.05) is 25.2 Å². The number of hydrogen-bond donors (Lipinski definition) is 1. The lowest BCUT2D eigenvalue weighted by atomic mass is 10.1. The van der Waals surface area contributed by atoms with Gasteiger partial charge in [0.25, 0.3) is 5.91 Å². The first-order chi connectivity index (χ1) is 9.49. The highest BCUT2D eigenvalue weighted by Crippen LogP contribution is 2.19. The van der Waals surface area contributed by atoms with Crippen molar-refractivity contribution in [3.63, 3.8) is 0 Å². The van der Waals surface area contributed by atoms with Gasteiger partial charge in [0.05, 0.1) is 5.69 Å². The lowest BCUT2D eigenvalue weighted by molar-refractivity contribution is 0.0690. The minimum atomic E-state index is -1.08. The molecule has 1 heterocycles. The van der Waals surface area contributed by atoms with Crippen LogP contribution in [0.2, 0.25) is 0 Å². The van der Waals surface area contributed by atoms with Gasteiger partial charge in [-0.2, -0.15) is 0 Å². The highest BCUT2D eigenvalue weighted by molar-refractivity contribution is 5.95. The lowest BCUT2D eigenvalue weighted by Crippen LogP contribution is -2.21. The quantitative estimate of drug-likeness (QED) is 0.927. The number of hydrogen-bond acceptors (Lipinski definition) is 3. The van der Waals surface area contributed by atoms with Crippen LogP contribution in [0, 0.1) is 0 Å². The molecule has 5 nitrogen and oxygen atoms in total. The van der Waals surface area contributed by atoms with E-state index in [1.807, 2.05) is 0 Å². The third-order valence-electron chi connectivity index (χ3n) is 2.78. The van der Waals surface area contributed by atoms with Crippen LogP contribution in [-0.2, 0) is 0 Å². The standard InChI is InChI=1S/C15H14N2O3/c1-17(2)14(18)11-6-3-5-10(9-11)12-7-4-8-13(16-12)15(19)20/h3-9H,1-2H3,(H,19,20). The van der Waals surface area contributed by atoms with Gasteiger partial charge < -0.3 is 10.0 Å². The molecule has 1 N–H and O–H groups in total. The van der Waals surface area contributed by atoms with Crippen LogP contribution in [0.5, 0.6) is 0 Å². The summed E-state index contributed by atoms with van der Waals surface area (Å²) in [5.41, 5.74) is 1.75. The molecule has 0 aliphatic carbocycles. The van der Waals surface area contributed by atoms with Gasteiger partial charge in [0.2, 0.25) is 0 Å². The minimum absolute atomic E-state index is 0.0214. The number of aromatic nitrogens is 1. The molecule has 1 aromatic heterocycles. The van der Waals surface area contributed by atoms with E-state index >= 15 is 0 Å². The summed E-state index contributed by atoms with van der Waals surface area (Å²) in [6.07, 6.45) is 0. The van der Waals surface area contributed by atoms with Crippen molar-refractivity contribution in [1.82, 2.24) is 9.88 Å². The molecule has 0 aliphatic rings. The van der Waals surface area contributed by atoms with Crippen molar-refractivity contribution >= 4 is 11.9 Å². The average molecular weight is 270 g/mol. The van der Waals surface area contributed by atoms with Crippen molar-refractivity contribution < 1.29 is 14.7 Å². The highest BCUT2D eigenvalue weighted by atomic mass is 16.4. The van der Waals surface area contributed by atoms with Crippen molar-refractivity contribution in [3.8, 4) is 11.3 Å². The maximum absolute atomic E-state index is 11.9. The molecule has 2 aromatic rings. The van der Waals surface area contributed by atoms with E-state index in [4.69, 9.17) is 5.11 Å². The minimum Gasteiger partial charge on any atom is -0.477 e. The number of carbonyl (C=O) groups excluding carboxylic acids is 1. The zero-order valence-electron chi connectivity index (χ0n) is 11.2. The van der Waals surface area contributed by atoms with E-state index in [0.717, 1.165) is 0 Å². The summed E-state index contributed by atoms with van der Waals surface area (Å²) < 4.78 is 0. The number of amides is 1. The van der Waals surface area contributed by atoms with E-state index in [1.165, 1.54) is 11.0 Å². The van der Waals surface area contributed by atoms with Gasteiger partial charge in [-0.1, -0.05) is 18.2 Å². The third-order valence-corrected chi connectivity index (χ3v) is 2.78. The summed E-state index contributed by atoms with van der Waals surface area (Å²) in [5.74, 6) is -1.19. The number of rotatable bonds is 3. The van der Waals surface area contributed by atoms with Gasteiger partial charge in [0.1, 0.15) is 5.69 Å². The number of carboxylic acids is 1. The van der Waals surface area contributed by atoms with E-state index in [-0.39, 0.29) is 11.6 Å². The van der Waals surface area contributed by atoms with Crippen molar-refractivity contribution in [2.45, 2.75) is 0 Å². The summed E-state index contributed by atoms with van der Waals surface area (Å²) >= 11 is 0. The molecule has 20 heavy (non-hydrogen) atoms. The molecule has 2 rings (SSSR count). The summed E-state index contributed by atoms with van der Waals surface area (Å²) in [5, 5.41) is 8.95. The first-order valence-electron chi connectivity index (χ1n) is 6.01. The lowest BCUT2D eigenvalue weighted by Gasteiger charge is -2.11. The number of pyridine rings is 1. The van der Waals surface area contributed by atoms with Gasteiger partial charge in [-0.25, -0.2) is 9.78 Å². The molecule has 5 heteroatoms. The highest BCUT2D eigenvalue weighted by Gasteiger charge is 2.11. The average Bonchev–Trinajstić information content (AvgIpc) is 2.46. The van der Waals surface area contributed by atoms with Gasteiger partial charge in [-0.3, -0.25) is 4.79 Å². The van der Waals surface area contributed by atoms with Crippen LogP contribution >= 0.6 is 0 Å². The Kier molecular flexibility index (Phi) is 3.79.